The van der Waals surface area contributed by atoms with Crippen LogP contribution in [0.3, 0.4) is 0 Å². The molecule has 0 aliphatic carbocycles. The van der Waals surface area contributed by atoms with Crippen LogP contribution in [0.25, 0.3) is 0 Å². The maximum atomic E-state index is 11.4. The first-order chi connectivity index (χ1) is 6.09. The monoisotopic (exact) mass is 221 g/mol. The molecule has 0 atom stereocenters. The molecular weight excluding hydrogens is 207 g/mol. The molecule has 2 heteroatoms. The van der Waals surface area contributed by atoms with Gasteiger partial charge >= 0.3 is 83.1 Å². The molecule has 0 bridgehead atoms. The first-order valence-corrected chi connectivity index (χ1v) is 5.75. The van der Waals surface area contributed by atoms with Crippen LogP contribution in [-0.2, 0) is 22.8 Å². The molecule has 0 radical (unpaired) electrons. The van der Waals surface area contributed by atoms with Crippen molar-refractivity contribution in [2.24, 2.45) is 0 Å². The van der Waals surface area contributed by atoms with Gasteiger partial charge < -0.3 is 0 Å². The summed E-state index contributed by atoms with van der Waals surface area (Å²) < 4.78 is 12.2. The zero-order valence-electron chi connectivity index (χ0n) is 7.97. The Bertz CT molecular complexity index is 324. The van der Waals surface area contributed by atoms with E-state index in [-0.39, 0.29) is 0 Å². The zero-order valence-corrected chi connectivity index (χ0v) is 9.01. The topological polar surface area (TPSA) is 17.1 Å². The average molecular weight is 221 g/mol. The normalized spacial score (nSPS) is 11.1. The number of hydrogen-bond acceptors (Lipinski definition) is 1. The molecule has 13 heavy (non-hydrogen) atoms. The molecule has 0 fully saturated rings. The van der Waals surface area contributed by atoms with Crippen molar-refractivity contribution in [3.8, 4) is 0 Å². The third kappa shape index (κ3) is 3.24. The van der Waals surface area contributed by atoms with Crippen LogP contribution < -0.4 is 0 Å². The summed E-state index contributed by atoms with van der Waals surface area (Å²) in [6.07, 6.45) is 0. The molecule has 0 unspecified atom stereocenters. The molecule has 0 amide bonds. The summed E-state index contributed by atoms with van der Waals surface area (Å²) >= 11 is -1.25. The molecule has 0 heterocycles. The number of aryl methyl sites for hydroxylation is 1. The average Bonchev–Trinajstić information content (AvgIpc) is 2.08. The Morgan fingerprint density at radius 3 is 2.38 bits per heavy atom. The van der Waals surface area contributed by atoms with Crippen LogP contribution >= 0.6 is 0 Å². The fourth-order valence-corrected chi connectivity index (χ4v) is 1.84. The molecule has 0 aromatic heterocycles. The van der Waals surface area contributed by atoms with Crippen molar-refractivity contribution < 1.29 is 17.5 Å². The van der Waals surface area contributed by atoms with E-state index in [0.29, 0.717) is 5.36 Å². The van der Waals surface area contributed by atoms with E-state index in [1.165, 1.54) is 5.56 Å². The van der Waals surface area contributed by atoms with Crippen molar-refractivity contribution in [1.29, 1.82) is 0 Å². The molecule has 0 N–H and O–H groups in total. The number of allylic oxidation sites excluding steroid dienone is 1. The molecule has 0 spiro atoms. The van der Waals surface area contributed by atoms with Gasteiger partial charge in [0.25, 0.3) is 0 Å². The summed E-state index contributed by atoms with van der Waals surface area (Å²) in [5.41, 5.74) is 2.35. The van der Waals surface area contributed by atoms with Crippen LogP contribution in [0.1, 0.15) is 18.1 Å². The summed E-state index contributed by atoms with van der Waals surface area (Å²) in [5.74, 6) is 0. The van der Waals surface area contributed by atoms with Crippen LogP contribution in [0.2, 0.25) is 0 Å². The van der Waals surface area contributed by atoms with Gasteiger partial charge in [-0.25, -0.2) is 0 Å². The van der Waals surface area contributed by atoms with Crippen LogP contribution in [0.5, 0.6) is 0 Å². The molecule has 0 aliphatic rings. The third-order valence-corrected chi connectivity index (χ3v) is 3.43. The second-order valence-electron chi connectivity index (χ2n) is 3.02. The SMILES string of the molecule is C=[C](C)[Co](=[O])[CH2]c1ccc(C)cc1. The second kappa shape index (κ2) is 4.49. The van der Waals surface area contributed by atoms with Gasteiger partial charge in [0.15, 0.2) is 0 Å². The minimum absolute atomic E-state index is 0.614. The Balaban J connectivity index is 2.70. The van der Waals surface area contributed by atoms with Gasteiger partial charge in [-0.05, 0) is 0 Å². The Labute approximate surface area is 83.4 Å². The molecule has 0 saturated carbocycles. The number of rotatable bonds is 3. The fraction of sp³-hybridized carbons (Fsp3) is 0.273. The van der Waals surface area contributed by atoms with Crippen LogP contribution in [0, 0.1) is 6.92 Å². The van der Waals surface area contributed by atoms with Crippen LogP contribution in [0.15, 0.2) is 35.4 Å². The first-order valence-electron chi connectivity index (χ1n) is 4.07. The van der Waals surface area contributed by atoms with Crippen molar-refractivity contribution in [2.75, 3.05) is 0 Å². The molecule has 1 aromatic carbocycles. The van der Waals surface area contributed by atoms with Gasteiger partial charge in [-0.3, -0.25) is 0 Å². The van der Waals surface area contributed by atoms with Crippen molar-refractivity contribution in [3.05, 3.63) is 46.5 Å². The van der Waals surface area contributed by atoms with E-state index in [2.05, 4.69) is 6.58 Å². The van der Waals surface area contributed by atoms with E-state index < -0.39 is 13.6 Å². The molecule has 0 saturated heterocycles. The van der Waals surface area contributed by atoms with E-state index in [0.717, 1.165) is 10.1 Å². The number of benzene rings is 1. The quantitative estimate of drug-likeness (QED) is 0.766. The van der Waals surface area contributed by atoms with E-state index >= 15 is 0 Å². The Morgan fingerprint density at radius 1 is 1.38 bits per heavy atom. The Morgan fingerprint density at radius 2 is 1.92 bits per heavy atom. The molecule has 1 nitrogen and oxygen atoms in total. The van der Waals surface area contributed by atoms with Gasteiger partial charge in [-0.2, -0.15) is 0 Å². The predicted molar refractivity (Wildman–Crippen MR) is 50.4 cm³/mol. The predicted octanol–water partition coefficient (Wildman–Crippen LogP) is 2.99. The van der Waals surface area contributed by atoms with Crippen molar-refractivity contribution >= 4 is 0 Å². The molecule has 0 aliphatic heterocycles. The van der Waals surface area contributed by atoms with Gasteiger partial charge in [0.2, 0.25) is 0 Å². The van der Waals surface area contributed by atoms with E-state index in [1.54, 1.807) is 0 Å². The van der Waals surface area contributed by atoms with E-state index in [9.17, 15) is 3.87 Å². The maximum absolute atomic E-state index is 11.4. The molecule has 1 rings (SSSR count). The van der Waals surface area contributed by atoms with E-state index in [1.807, 2.05) is 38.1 Å². The van der Waals surface area contributed by atoms with Crippen molar-refractivity contribution in [2.45, 2.75) is 19.2 Å². The van der Waals surface area contributed by atoms with Gasteiger partial charge in [0.05, 0.1) is 0 Å². The second-order valence-corrected chi connectivity index (χ2v) is 5.16. The molecule has 73 valence electrons. The fourth-order valence-electron chi connectivity index (χ4n) is 0.891. The summed E-state index contributed by atoms with van der Waals surface area (Å²) in [6.45, 7) is 7.54. The van der Waals surface area contributed by atoms with Crippen LogP contribution in [0.4, 0.5) is 0 Å². The van der Waals surface area contributed by atoms with Crippen molar-refractivity contribution in [3.63, 3.8) is 0 Å². The first kappa shape index (κ1) is 10.3. The standard InChI is InChI=1S/C8H9.C3H5.Co.O/c1-7-3-5-8(2)6-4-7;1-3-2;;/h3-6H,1H2,2H3;1H2,2H3;;. The number of hydrogen-bond donors (Lipinski definition) is 0. The summed E-state index contributed by atoms with van der Waals surface area (Å²) in [6, 6.07) is 8.11. The zero-order chi connectivity index (χ0) is 9.84. The van der Waals surface area contributed by atoms with Gasteiger partial charge in [0.1, 0.15) is 0 Å². The van der Waals surface area contributed by atoms with Gasteiger partial charge in [0, 0.05) is 0 Å². The molecular formula is C11H14CoO. The van der Waals surface area contributed by atoms with Gasteiger partial charge in [-0.15, -0.1) is 0 Å². The minimum atomic E-state index is -1.25. The summed E-state index contributed by atoms with van der Waals surface area (Å²) in [5, 5.41) is 0.614. The van der Waals surface area contributed by atoms with Gasteiger partial charge in [-0.1, -0.05) is 0 Å². The summed E-state index contributed by atoms with van der Waals surface area (Å²) in [7, 11) is 0. The summed E-state index contributed by atoms with van der Waals surface area (Å²) in [4.78, 5) is 0. The van der Waals surface area contributed by atoms with E-state index in [4.69, 9.17) is 0 Å². The van der Waals surface area contributed by atoms with Crippen molar-refractivity contribution in [1.82, 2.24) is 0 Å². The molecule has 1 aromatic rings. The Kier molecular flexibility index (Phi) is 3.57. The van der Waals surface area contributed by atoms with Crippen LogP contribution in [-0.4, -0.2) is 0 Å². The third-order valence-electron chi connectivity index (χ3n) is 1.68. The Hall–Kier alpha value is -0.734.